The first-order valence-electron chi connectivity index (χ1n) is 4.86. The zero-order chi connectivity index (χ0) is 9.68. The van der Waals surface area contributed by atoms with Crippen molar-refractivity contribution in [2.45, 2.75) is 38.4 Å². The Morgan fingerprint density at radius 3 is 2.62 bits per heavy atom. The van der Waals surface area contributed by atoms with Crippen molar-refractivity contribution in [3.63, 3.8) is 0 Å². The molecule has 1 rings (SSSR count). The Kier molecular flexibility index (Phi) is 4.39. The normalized spacial score (nSPS) is 23.9. The van der Waals surface area contributed by atoms with Gasteiger partial charge in [-0.25, -0.2) is 0 Å². The van der Waals surface area contributed by atoms with Crippen LogP contribution in [0.3, 0.4) is 0 Å². The van der Waals surface area contributed by atoms with Crippen molar-refractivity contribution in [1.82, 2.24) is 0 Å². The predicted molar refractivity (Wildman–Crippen MR) is 49.4 cm³/mol. The van der Waals surface area contributed by atoms with Crippen molar-refractivity contribution < 1.29 is 14.3 Å². The molecular formula is C10H18O3. The molecule has 0 aliphatic heterocycles. The number of ketones is 1. The first kappa shape index (κ1) is 10.7. The molecule has 1 aliphatic carbocycles. The van der Waals surface area contributed by atoms with Gasteiger partial charge in [0, 0.05) is 33.0 Å². The number of carbonyl (C=O) groups excluding carboxylic acids is 1. The van der Waals surface area contributed by atoms with Gasteiger partial charge in [0.25, 0.3) is 0 Å². The fourth-order valence-electron chi connectivity index (χ4n) is 1.83. The molecule has 0 aromatic heterocycles. The molecule has 1 atom stereocenters. The van der Waals surface area contributed by atoms with Crippen LogP contribution in [-0.2, 0) is 14.3 Å². The first-order chi connectivity index (χ1) is 6.27. The highest BCUT2D eigenvalue weighted by Gasteiger charge is 2.25. The van der Waals surface area contributed by atoms with E-state index in [1.54, 1.807) is 14.2 Å². The first-order valence-corrected chi connectivity index (χ1v) is 4.86. The average Bonchev–Trinajstić information content (AvgIpc) is 2.17. The van der Waals surface area contributed by atoms with Crippen molar-refractivity contribution in [1.29, 1.82) is 0 Å². The van der Waals surface area contributed by atoms with Gasteiger partial charge in [0.05, 0.1) is 0 Å². The van der Waals surface area contributed by atoms with E-state index in [0.29, 0.717) is 12.2 Å². The van der Waals surface area contributed by atoms with Gasteiger partial charge in [0.15, 0.2) is 6.29 Å². The van der Waals surface area contributed by atoms with E-state index in [4.69, 9.17) is 9.47 Å². The molecule has 0 amide bonds. The van der Waals surface area contributed by atoms with Gasteiger partial charge >= 0.3 is 0 Å². The van der Waals surface area contributed by atoms with E-state index in [0.717, 1.165) is 25.7 Å². The van der Waals surface area contributed by atoms with Crippen LogP contribution in [-0.4, -0.2) is 26.3 Å². The van der Waals surface area contributed by atoms with Crippen LogP contribution in [0, 0.1) is 5.92 Å². The number of hydrogen-bond acceptors (Lipinski definition) is 3. The summed E-state index contributed by atoms with van der Waals surface area (Å²) in [6.45, 7) is 0. The maximum absolute atomic E-state index is 11.5. The van der Waals surface area contributed by atoms with Crippen LogP contribution >= 0.6 is 0 Å². The topological polar surface area (TPSA) is 35.5 Å². The number of hydrogen-bond donors (Lipinski definition) is 0. The molecule has 0 aromatic rings. The maximum atomic E-state index is 11.5. The Balaban J connectivity index is 2.36. The van der Waals surface area contributed by atoms with Gasteiger partial charge in [-0.2, -0.15) is 0 Å². The number of carbonyl (C=O) groups is 1. The van der Waals surface area contributed by atoms with Crippen molar-refractivity contribution in [2.75, 3.05) is 14.2 Å². The van der Waals surface area contributed by atoms with E-state index in [-0.39, 0.29) is 12.2 Å². The van der Waals surface area contributed by atoms with E-state index < -0.39 is 0 Å². The highest BCUT2D eigenvalue weighted by Crippen LogP contribution is 2.25. The molecule has 3 heteroatoms. The molecule has 1 fully saturated rings. The largest absolute Gasteiger partial charge is 0.356 e. The number of rotatable bonds is 4. The van der Waals surface area contributed by atoms with Crippen molar-refractivity contribution in [3.05, 3.63) is 0 Å². The van der Waals surface area contributed by atoms with Crippen molar-refractivity contribution >= 4 is 5.78 Å². The van der Waals surface area contributed by atoms with Crippen LogP contribution in [0.15, 0.2) is 0 Å². The summed E-state index contributed by atoms with van der Waals surface area (Å²) in [4.78, 5) is 11.5. The fraction of sp³-hybridized carbons (Fsp3) is 0.900. The fourth-order valence-corrected chi connectivity index (χ4v) is 1.83. The monoisotopic (exact) mass is 186 g/mol. The van der Waals surface area contributed by atoms with Crippen LogP contribution in [0.25, 0.3) is 0 Å². The molecular weight excluding hydrogens is 168 g/mol. The molecule has 1 unspecified atom stereocenters. The van der Waals surface area contributed by atoms with Crippen LogP contribution in [0.5, 0.6) is 0 Å². The lowest BCUT2D eigenvalue weighted by atomic mass is 9.85. The minimum atomic E-state index is -0.216. The lowest BCUT2D eigenvalue weighted by Crippen LogP contribution is -2.26. The third-order valence-corrected chi connectivity index (χ3v) is 2.68. The molecule has 3 nitrogen and oxygen atoms in total. The summed E-state index contributed by atoms with van der Waals surface area (Å²) in [6, 6.07) is 0. The van der Waals surface area contributed by atoms with E-state index >= 15 is 0 Å². The smallest absolute Gasteiger partial charge is 0.157 e. The number of Topliss-reactive ketones (excluding diaryl/α,β-unsaturated/α-hetero) is 1. The summed E-state index contributed by atoms with van der Waals surface area (Å²) >= 11 is 0. The van der Waals surface area contributed by atoms with Crippen LogP contribution in [0.2, 0.25) is 0 Å². The minimum absolute atomic E-state index is 0.165. The molecule has 0 saturated heterocycles. The summed E-state index contributed by atoms with van der Waals surface area (Å²) < 4.78 is 10.2. The Labute approximate surface area is 79.4 Å². The van der Waals surface area contributed by atoms with Gasteiger partial charge in [-0.05, 0) is 12.8 Å². The van der Waals surface area contributed by atoms with Gasteiger partial charge in [0.2, 0.25) is 0 Å². The summed E-state index contributed by atoms with van der Waals surface area (Å²) in [5, 5.41) is 0. The van der Waals surface area contributed by atoms with Gasteiger partial charge in [-0.15, -0.1) is 0 Å². The lowest BCUT2D eigenvalue weighted by molar-refractivity contribution is -0.137. The predicted octanol–water partition coefficient (Wildman–Crippen LogP) is 1.75. The standard InChI is InChI=1S/C10H18O3/c1-12-10(13-2)7-8-5-3-4-6-9(8)11/h8,10H,3-7H2,1-2H3. The van der Waals surface area contributed by atoms with Gasteiger partial charge in [0.1, 0.15) is 5.78 Å². The second-order valence-electron chi connectivity index (χ2n) is 3.55. The zero-order valence-electron chi connectivity index (χ0n) is 8.41. The SMILES string of the molecule is COC(CC1CCCCC1=O)OC. The molecule has 0 radical (unpaired) electrons. The third kappa shape index (κ3) is 3.08. The Bertz CT molecular complexity index is 164. The molecule has 0 bridgehead atoms. The van der Waals surface area contributed by atoms with Crippen LogP contribution < -0.4 is 0 Å². The van der Waals surface area contributed by atoms with Gasteiger partial charge < -0.3 is 9.47 Å². The van der Waals surface area contributed by atoms with Gasteiger partial charge in [-0.1, -0.05) is 6.42 Å². The van der Waals surface area contributed by atoms with Crippen LogP contribution in [0.1, 0.15) is 32.1 Å². The quantitative estimate of drug-likeness (QED) is 0.627. The molecule has 1 saturated carbocycles. The van der Waals surface area contributed by atoms with E-state index in [9.17, 15) is 4.79 Å². The molecule has 0 spiro atoms. The average molecular weight is 186 g/mol. The number of ether oxygens (including phenoxy) is 2. The van der Waals surface area contributed by atoms with Gasteiger partial charge in [-0.3, -0.25) is 4.79 Å². The van der Waals surface area contributed by atoms with E-state index in [2.05, 4.69) is 0 Å². The third-order valence-electron chi connectivity index (χ3n) is 2.68. The number of methoxy groups -OCH3 is 2. The molecule has 13 heavy (non-hydrogen) atoms. The second-order valence-corrected chi connectivity index (χ2v) is 3.55. The van der Waals surface area contributed by atoms with Crippen molar-refractivity contribution in [2.24, 2.45) is 5.92 Å². The summed E-state index contributed by atoms with van der Waals surface area (Å²) in [7, 11) is 3.23. The Hall–Kier alpha value is -0.410. The molecule has 0 aromatic carbocycles. The molecule has 1 aliphatic rings. The molecule has 0 N–H and O–H groups in total. The van der Waals surface area contributed by atoms with Crippen LogP contribution in [0.4, 0.5) is 0 Å². The minimum Gasteiger partial charge on any atom is -0.356 e. The summed E-state index contributed by atoms with van der Waals surface area (Å²) in [6.07, 6.45) is 4.46. The molecule has 76 valence electrons. The Morgan fingerprint density at radius 2 is 2.08 bits per heavy atom. The van der Waals surface area contributed by atoms with Crippen molar-refractivity contribution in [3.8, 4) is 0 Å². The highest BCUT2D eigenvalue weighted by molar-refractivity contribution is 5.81. The summed E-state index contributed by atoms with van der Waals surface area (Å²) in [5.41, 5.74) is 0. The zero-order valence-corrected chi connectivity index (χ0v) is 8.41. The highest BCUT2D eigenvalue weighted by atomic mass is 16.7. The lowest BCUT2D eigenvalue weighted by Gasteiger charge is -2.23. The van der Waals surface area contributed by atoms with E-state index in [1.165, 1.54) is 0 Å². The second kappa shape index (κ2) is 5.35. The molecule has 0 heterocycles. The van der Waals surface area contributed by atoms with E-state index in [1.807, 2.05) is 0 Å². The maximum Gasteiger partial charge on any atom is 0.157 e. The Morgan fingerprint density at radius 1 is 1.38 bits per heavy atom. The summed E-state index contributed by atoms with van der Waals surface area (Å²) in [5.74, 6) is 0.545.